The molecule has 1 saturated carbocycles. The van der Waals surface area contributed by atoms with Crippen LogP contribution < -0.4 is 5.32 Å². The molecule has 0 atom stereocenters. The number of aromatic nitrogens is 7. The van der Waals surface area contributed by atoms with Crippen LogP contribution in [0.5, 0.6) is 0 Å². The number of carbonyl (C=O) groups is 1. The standard InChI is InChI=1S/C26H20N8OS/c35-26(14-3-1-4-14)30-16-9-15(11-27-12-16)19-10-18-20(13-29-19)33-34-23(18)25-31-22-17(21-5-2-8-36-21)6-7-28-24(22)32-25/h2,5-14H,1,3-4H2,(H,30,35)(H,33,34)(H,28,31,32). The molecule has 0 bridgehead atoms. The summed E-state index contributed by atoms with van der Waals surface area (Å²) in [5.74, 6) is 0.793. The summed E-state index contributed by atoms with van der Waals surface area (Å²) in [5.41, 5.74) is 6.26. The first kappa shape index (κ1) is 20.9. The summed E-state index contributed by atoms with van der Waals surface area (Å²) in [4.78, 5) is 35.0. The number of nitrogens with one attached hydrogen (secondary N) is 3. The fourth-order valence-electron chi connectivity index (χ4n) is 4.48. The number of pyridine rings is 3. The number of thiophene rings is 1. The van der Waals surface area contributed by atoms with Crippen LogP contribution in [0, 0.1) is 5.92 Å². The van der Waals surface area contributed by atoms with Gasteiger partial charge in [0.2, 0.25) is 5.91 Å². The minimum absolute atomic E-state index is 0.0566. The normalized spacial score (nSPS) is 13.8. The van der Waals surface area contributed by atoms with E-state index in [0.29, 0.717) is 22.9 Å². The molecule has 1 fully saturated rings. The lowest BCUT2D eigenvalue weighted by molar-refractivity contribution is -0.122. The molecule has 176 valence electrons. The number of amides is 1. The number of hydrogen-bond acceptors (Lipinski definition) is 7. The van der Waals surface area contributed by atoms with Crippen LogP contribution in [-0.4, -0.2) is 41.0 Å². The van der Waals surface area contributed by atoms with E-state index in [-0.39, 0.29) is 11.8 Å². The maximum absolute atomic E-state index is 12.4. The van der Waals surface area contributed by atoms with Crippen molar-refractivity contribution in [3.63, 3.8) is 0 Å². The molecule has 7 rings (SSSR count). The number of hydrogen-bond donors (Lipinski definition) is 3. The predicted octanol–water partition coefficient (Wildman–Crippen LogP) is 5.43. The van der Waals surface area contributed by atoms with Crippen LogP contribution in [0.1, 0.15) is 19.3 Å². The average molecular weight is 493 g/mol. The highest BCUT2D eigenvalue weighted by atomic mass is 32.1. The predicted molar refractivity (Wildman–Crippen MR) is 139 cm³/mol. The zero-order valence-electron chi connectivity index (χ0n) is 19.0. The molecule has 6 aromatic heterocycles. The third-order valence-corrected chi connectivity index (χ3v) is 7.53. The summed E-state index contributed by atoms with van der Waals surface area (Å²) in [6.45, 7) is 0. The van der Waals surface area contributed by atoms with Gasteiger partial charge in [0.25, 0.3) is 0 Å². The monoisotopic (exact) mass is 492 g/mol. The van der Waals surface area contributed by atoms with Crippen molar-refractivity contribution in [2.75, 3.05) is 5.32 Å². The number of carbonyl (C=O) groups excluding carboxylic acids is 1. The van der Waals surface area contributed by atoms with E-state index in [9.17, 15) is 4.79 Å². The van der Waals surface area contributed by atoms with Gasteiger partial charge in [0.1, 0.15) is 5.69 Å². The molecule has 6 aromatic rings. The van der Waals surface area contributed by atoms with Gasteiger partial charge in [-0.3, -0.25) is 19.9 Å². The summed E-state index contributed by atoms with van der Waals surface area (Å²) in [5, 5.41) is 13.5. The van der Waals surface area contributed by atoms with E-state index in [2.05, 4.69) is 46.9 Å². The van der Waals surface area contributed by atoms with Gasteiger partial charge >= 0.3 is 0 Å². The molecule has 0 unspecified atom stereocenters. The van der Waals surface area contributed by atoms with Gasteiger partial charge in [-0.15, -0.1) is 11.3 Å². The number of imidazole rings is 1. The molecule has 36 heavy (non-hydrogen) atoms. The van der Waals surface area contributed by atoms with Crippen LogP contribution in [0.15, 0.2) is 60.5 Å². The van der Waals surface area contributed by atoms with Crippen molar-refractivity contribution in [3.8, 4) is 33.2 Å². The Balaban J connectivity index is 1.26. The second-order valence-electron chi connectivity index (χ2n) is 8.89. The van der Waals surface area contributed by atoms with Crippen molar-refractivity contribution < 1.29 is 4.79 Å². The van der Waals surface area contributed by atoms with Crippen LogP contribution in [0.25, 0.3) is 55.3 Å². The summed E-state index contributed by atoms with van der Waals surface area (Å²) in [7, 11) is 0. The van der Waals surface area contributed by atoms with Crippen molar-refractivity contribution >= 4 is 45.0 Å². The van der Waals surface area contributed by atoms with E-state index in [1.54, 1.807) is 36.1 Å². The fourth-order valence-corrected chi connectivity index (χ4v) is 5.24. The van der Waals surface area contributed by atoms with E-state index >= 15 is 0 Å². The molecule has 1 amide bonds. The highest BCUT2D eigenvalue weighted by molar-refractivity contribution is 7.13. The first-order chi connectivity index (χ1) is 17.7. The van der Waals surface area contributed by atoms with Crippen LogP contribution in [0.2, 0.25) is 0 Å². The van der Waals surface area contributed by atoms with E-state index in [4.69, 9.17) is 4.98 Å². The molecule has 1 aliphatic carbocycles. The Hall–Kier alpha value is -4.44. The van der Waals surface area contributed by atoms with Gasteiger partial charge in [-0.25, -0.2) is 9.97 Å². The van der Waals surface area contributed by atoms with Crippen LogP contribution in [-0.2, 0) is 4.79 Å². The maximum atomic E-state index is 12.4. The zero-order valence-corrected chi connectivity index (χ0v) is 19.8. The molecule has 1 aliphatic rings. The van der Waals surface area contributed by atoms with E-state index in [1.807, 2.05) is 24.3 Å². The second-order valence-corrected chi connectivity index (χ2v) is 9.83. The second kappa shape index (κ2) is 8.35. The molecule has 0 spiro atoms. The van der Waals surface area contributed by atoms with Gasteiger partial charge < -0.3 is 10.3 Å². The fraction of sp³-hybridized carbons (Fsp3) is 0.154. The summed E-state index contributed by atoms with van der Waals surface area (Å²) >= 11 is 1.67. The lowest BCUT2D eigenvalue weighted by Crippen LogP contribution is -2.28. The topological polar surface area (TPSA) is 125 Å². The highest BCUT2D eigenvalue weighted by Crippen LogP contribution is 2.33. The number of aromatic amines is 2. The molecule has 10 heteroatoms. The smallest absolute Gasteiger partial charge is 0.227 e. The van der Waals surface area contributed by atoms with Gasteiger partial charge in [0.05, 0.1) is 34.8 Å². The minimum Gasteiger partial charge on any atom is -0.335 e. The Labute approximate surface area is 209 Å². The van der Waals surface area contributed by atoms with Gasteiger partial charge in [-0.2, -0.15) is 5.10 Å². The zero-order chi connectivity index (χ0) is 24.1. The number of nitrogens with zero attached hydrogens (tertiary/aromatic N) is 5. The lowest BCUT2D eigenvalue weighted by Gasteiger charge is -2.24. The Kier molecular flexibility index (Phi) is 4.84. The van der Waals surface area contributed by atoms with Gasteiger partial charge in [0, 0.05) is 39.7 Å². The van der Waals surface area contributed by atoms with Crippen molar-refractivity contribution in [1.82, 2.24) is 35.1 Å². The Morgan fingerprint density at radius 1 is 1.11 bits per heavy atom. The lowest BCUT2D eigenvalue weighted by atomic mass is 9.85. The summed E-state index contributed by atoms with van der Waals surface area (Å²) < 4.78 is 0. The van der Waals surface area contributed by atoms with Crippen LogP contribution in [0.4, 0.5) is 5.69 Å². The Bertz CT molecular complexity index is 1730. The molecule has 0 aliphatic heterocycles. The summed E-state index contributed by atoms with van der Waals surface area (Å²) in [6.07, 6.45) is 9.94. The van der Waals surface area contributed by atoms with Gasteiger partial charge in [0.15, 0.2) is 11.5 Å². The van der Waals surface area contributed by atoms with E-state index in [1.165, 1.54) is 0 Å². The number of anilines is 1. The minimum atomic E-state index is 0.0566. The van der Waals surface area contributed by atoms with Crippen molar-refractivity contribution in [3.05, 3.63) is 60.5 Å². The number of rotatable bonds is 5. The number of fused-ring (bicyclic) bond motifs is 2. The van der Waals surface area contributed by atoms with Crippen LogP contribution in [0.3, 0.4) is 0 Å². The van der Waals surface area contributed by atoms with Crippen LogP contribution >= 0.6 is 11.3 Å². The first-order valence-corrected chi connectivity index (χ1v) is 12.6. The maximum Gasteiger partial charge on any atom is 0.227 e. The third-order valence-electron chi connectivity index (χ3n) is 6.63. The highest BCUT2D eigenvalue weighted by Gasteiger charge is 2.25. The third kappa shape index (κ3) is 3.54. The molecular formula is C26H20N8OS. The molecular weight excluding hydrogens is 472 g/mol. The molecule has 9 nitrogen and oxygen atoms in total. The largest absolute Gasteiger partial charge is 0.335 e. The molecule has 0 radical (unpaired) electrons. The average Bonchev–Trinajstić information content (AvgIpc) is 3.61. The van der Waals surface area contributed by atoms with Crippen molar-refractivity contribution in [2.24, 2.45) is 5.92 Å². The molecule has 0 saturated heterocycles. The molecule has 3 N–H and O–H groups in total. The van der Waals surface area contributed by atoms with E-state index in [0.717, 1.165) is 57.4 Å². The van der Waals surface area contributed by atoms with Gasteiger partial charge in [-0.05, 0) is 42.5 Å². The van der Waals surface area contributed by atoms with Gasteiger partial charge in [-0.1, -0.05) is 12.5 Å². The van der Waals surface area contributed by atoms with Crippen molar-refractivity contribution in [1.29, 1.82) is 0 Å². The Morgan fingerprint density at radius 2 is 2.06 bits per heavy atom. The van der Waals surface area contributed by atoms with E-state index < -0.39 is 0 Å². The Morgan fingerprint density at radius 3 is 2.89 bits per heavy atom. The number of H-pyrrole nitrogens is 2. The first-order valence-electron chi connectivity index (χ1n) is 11.7. The quantitative estimate of drug-likeness (QED) is 0.295. The molecule has 6 heterocycles. The summed E-state index contributed by atoms with van der Waals surface area (Å²) in [6, 6.07) is 9.96. The SMILES string of the molecule is O=C(Nc1cncc(-c2cc3c(-c4nc5nccc(-c6cccs6)c5[nH]4)n[nH]c3cn2)c1)C1CCC1. The molecule has 0 aromatic carbocycles. The van der Waals surface area contributed by atoms with Crippen molar-refractivity contribution in [2.45, 2.75) is 19.3 Å².